The molecule has 2 bridgehead atoms. The largest absolute Gasteiger partial charge is 0.461 e. The second-order valence-electron chi connectivity index (χ2n) is 11.5. The third kappa shape index (κ3) is 4.53. The van der Waals surface area contributed by atoms with Crippen LogP contribution in [0.1, 0.15) is 80.6 Å². The van der Waals surface area contributed by atoms with Crippen LogP contribution in [-0.4, -0.2) is 46.6 Å². The number of aliphatic hydroxyl groups excluding tert-OH is 2. The van der Waals surface area contributed by atoms with E-state index in [1.807, 2.05) is 34.6 Å². The molecular weight excluding hydrogens is 420 g/mol. The van der Waals surface area contributed by atoms with Crippen LogP contribution in [0.25, 0.3) is 0 Å². The highest BCUT2D eigenvalue weighted by atomic mass is 16.6. The van der Waals surface area contributed by atoms with Crippen LogP contribution in [0.2, 0.25) is 0 Å². The summed E-state index contributed by atoms with van der Waals surface area (Å²) < 4.78 is 12.2. The molecule has 33 heavy (non-hydrogen) atoms. The Morgan fingerprint density at radius 2 is 1.82 bits per heavy atom. The summed E-state index contributed by atoms with van der Waals surface area (Å²) in [5.74, 6) is -1.64. The minimum absolute atomic E-state index is 0.234. The van der Waals surface area contributed by atoms with Crippen LogP contribution in [0.15, 0.2) is 23.3 Å². The SMILES string of the molecule is C=C1[C@@H](O)CC[C@@]2(C)C[C@H](O)C3=C(C)CC(OC(=O)[C@@H](C)CC)[C@@H]([C@@H](OC(C)=O)[C@H]12)C3(C)C. The zero-order valence-electron chi connectivity index (χ0n) is 21.3. The van der Waals surface area contributed by atoms with Crippen molar-refractivity contribution in [2.75, 3.05) is 0 Å². The van der Waals surface area contributed by atoms with Gasteiger partial charge < -0.3 is 19.7 Å². The van der Waals surface area contributed by atoms with E-state index in [0.29, 0.717) is 37.7 Å². The van der Waals surface area contributed by atoms with Crippen molar-refractivity contribution >= 4 is 11.9 Å². The summed E-state index contributed by atoms with van der Waals surface area (Å²) in [6.07, 6.45) is 0.416. The molecule has 2 N–H and O–H groups in total. The van der Waals surface area contributed by atoms with Crippen LogP contribution in [0.3, 0.4) is 0 Å². The maximum absolute atomic E-state index is 12.9. The first-order chi connectivity index (χ1) is 15.2. The molecule has 0 aromatic carbocycles. The fourth-order valence-corrected chi connectivity index (χ4v) is 7.00. The quantitative estimate of drug-likeness (QED) is 0.477. The topological polar surface area (TPSA) is 93.1 Å². The molecule has 1 unspecified atom stereocenters. The third-order valence-electron chi connectivity index (χ3n) is 8.72. The Kier molecular flexibility index (Phi) is 7.22. The predicted molar refractivity (Wildman–Crippen MR) is 126 cm³/mol. The van der Waals surface area contributed by atoms with Crippen molar-refractivity contribution < 1.29 is 29.3 Å². The Morgan fingerprint density at radius 1 is 1.18 bits per heavy atom. The monoisotopic (exact) mass is 462 g/mol. The molecule has 8 atom stereocenters. The normalized spacial score (nSPS) is 39.1. The lowest BCUT2D eigenvalue weighted by Crippen LogP contribution is -2.60. The summed E-state index contributed by atoms with van der Waals surface area (Å²) in [5, 5.41) is 22.2. The van der Waals surface area contributed by atoms with E-state index in [2.05, 4.69) is 13.5 Å². The van der Waals surface area contributed by atoms with E-state index in [0.717, 1.165) is 11.1 Å². The van der Waals surface area contributed by atoms with Gasteiger partial charge in [-0.3, -0.25) is 9.59 Å². The van der Waals surface area contributed by atoms with Crippen molar-refractivity contribution in [2.24, 2.45) is 28.6 Å². The van der Waals surface area contributed by atoms with Crippen LogP contribution in [0.4, 0.5) is 0 Å². The number of hydrogen-bond acceptors (Lipinski definition) is 6. The zero-order chi connectivity index (χ0) is 24.9. The van der Waals surface area contributed by atoms with Gasteiger partial charge in [0.25, 0.3) is 0 Å². The molecule has 0 aliphatic heterocycles. The fourth-order valence-electron chi connectivity index (χ4n) is 7.00. The van der Waals surface area contributed by atoms with Gasteiger partial charge in [-0.05, 0) is 54.6 Å². The van der Waals surface area contributed by atoms with Crippen LogP contribution in [0.5, 0.6) is 0 Å². The molecule has 0 aromatic heterocycles. The van der Waals surface area contributed by atoms with E-state index in [-0.39, 0.29) is 23.7 Å². The Morgan fingerprint density at radius 3 is 2.39 bits per heavy atom. The van der Waals surface area contributed by atoms with E-state index in [1.165, 1.54) is 6.92 Å². The van der Waals surface area contributed by atoms with Crippen molar-refractivity contribution in [3.8, 4) is 0 Å². The van der Waals surface area contributed by atoms with Crippen LogP contribution >= 0.6 is 0 Å². The highest BCUT2D eigenvalue weighted by molar-refractivity contribution is 5.72. The number of carbonyl (C=O) groups is 2. The third-order valence-corrected chi connectivity index (χ3v) is 8.72. The van der Waals surface area contributed by atoms with E-state index in [1.54, 1.807) is 0 Å². The molecule has 0 radical (unpaired) electrons. The van der Waals surface area contributed by atoms with Crippen LogP contribution < -0.4 is 0 Å². The first-order valence-corrected chi connectivity index (χ1v) is 12.4. The number of hydrogen-bond donors (Lipinski definition) is 2. The maximum atomic E-state index is 12.9. The van der Waals surface area contributed by atoms with E-state index in [4.69, 9.17) is 9.47 Å². The smallest absolute Gasteiger partial charge is 0.308 e. The van der Waals surface area contributed by atoms with Gasteiger partial charge in [0.15, 0.2) is 0 Å². The van der Waals surface area contributed by atoms with E-state index < -0.39 is 41.2 Å². The maximum Gasteiger partial charge on any atom is 0.308 e. The summed E-state index contributed by atoms with van der Waals surface area (Å²) in [5.41, 5.74) is 1.62. The molecule has 3 rings (SSSR count). The van der Waals surface area contributed by atoms with Crippen molar-refractivity contribution in [3.63, 3.8) is 0 Å². The van der Waals surface area contributed by atoms with Gasteiger partial charge in [-0.25, -0.2) is 0 Å². The molecule has 0 heterocycles. The van der Waals surface area contributed by atoms with Crippen molar-refractivity contribution in [2.45, 2.75) is 105 Å². The van der Waals surface area contributed by atoms with Gasteiger partial charge in [-0.1, -0.05) is 46.8 Å². The van der Waals surface area contributed by atoms with Crippen LogP contribution in [0, 0.1) is 28.6 Å². The number of aliphatic hydroxyl groups is 2. The Balaban J connectivity index is 2.21. The molecule has 6 nitrogen and oxygen atoms in total. The molecule has 6 heteroatoms. The summed E-state index contributed by atoms with van der Waals surface area (Å²) in [7, 11) is 0. The second-order valence-corrected chi connectivity index (χ2v) is 11.5. The number of carbonyl (C=O) groups excluding carboxylic acids is 2. The number of fused-ring (bicyclic) bond motifs is 3. The summed E-state index contributed by atoms with van der Waals surface area (Å²) >= 11 is 0. The summed E-state index contributed by atoms with van der Waals surface area (Å²) in [6.45, 7) is 17.6. The predicted octanol–water partition coefficient (Wildman–Crippen LogP) is 4.34. The highest BCUT2D eigenvalue weighted by Crippen LogP contribution is 2.60. The highest BCUT2D eigenvalue weighted by Gasteiger charge is 2.60. The molecule has 186 valence electrons. The van der Waals surface area contributed by atoms with Gasteiger partial charge in [-0.2, -0.15) is 0 Å². The molecular formula is C27H42O6. The minimum Gasteiger partial charge on any atom is -0.461 e. The number of rotatable bonds is 4. The minimum atomic E-state index is -0.692. The van der Waals surface area contributed by atoms with Gasteiger partial charge in [0.2, 0.25) is 0 Å². The molecule has 2 fully saturated rings. The fraction of sp³-hybridized carbons (Fsp3) is 0.778. The zero-order valence-corrected chi connectivity index (χ0v) is 21.3. The van der Waals surface area contributed by atoms with Crippen molar-refractivity contribution in [1.82, 2.24) is 0 Å². The Labute approximate surface area is 198 Å². The lowest BCUT2D eigenvalue weighted by Gasteiger charge is -2.58. The number of ether oxygens (including phenoxy) is 2. The molecule has 0 saturated heterocycles. The molecule has 0 amide bonds. The van der Waals surface area contributed by atoms with E-state index in [9.17, 15) is 19.8 Å². The summed E-state index contributed by atoms with van der Waals surface area (Å²) in [4.78, 5) is 25.3. The number of esters is 2. The van der Waals surface area contributed by atoms with Crippen molar-refractivity contribution in [3.05, 3.63) is 23.3 Å². The first-order valence-electron chi connectivity index (χ1n) is 12.4. The lowest BCUT2D eigenvalue weighted by molar-refractivity contribution is -0.184. The Hall–Kier alpha value is -1.66. The Bertz CT molecular complexity index is 842. The molecule has 3 aliphatic carbocycles. The van der Waals surface area contributed by atoms with Gasteiger partial charge in [0.05, 0.1) is 18.1 Å². The molecule has 0 spiro atoms. The molecule has 3 aliphatic rings. The van der Waals surface area contributed by atoms with Crippen molar-refractivity contribution in [1.29, 1.82) is 0 Å². The van der Waals surface area contributed by atoms with Gasteiger partial charge >= 0.3 is 11.9 Å². The first kappa shape index (κ1) is 26.0. The van der Waals surface area contributed by atoms with Gasteiger partial charge in [-0.15, -0.1) is 0 Å². The molecule has 0 aromatic rings. The average molecular weight is 463 g/mol. The lowest BCUT2D eigenvalue weighted by atomic mass is 9.50. The summed E-state index contributed by atoms with van der Waals surface area (Å²) in [6, 6.07) is 0. The van der Waals surface area contributed by atoms with Gasteiger partial charge in [0.1, 0.15) is 12.2 Å². The second kappa shape index (κ2) is 9.18. The van der Waals surface area contributed by atoms with E-state index >= 15 is 0 Å². The standard InChI is InChI=1S/C27H42O6/c1-9-14(2)25(31)33-20-12-15(3)21-19(30)13-27(8)11-10-18(29)16(4)22(27)24(32-17(5)28)23(20)26(21,6)7/h14,18-20,22-24,29-30H,4,9-13H2,1-3,5-8H3/t14-,18-,19-,20?,22-,23-,24-,27-/m0/s1. The molecule has 2 saturated carbocycles. The average Bonchev–Trinajstić information content (AvgIpc) is 2.68. The van der Waals surface area contributed by atoms with Crippen LogP contribution in [-0.2, 0) is 19.1 Å². The van der Waals surface area contributed by atoms with Gasteiger partial charge in [0, 0.05) is 25.2 Å².